The lowest BCUT2D eigenvalue weighted by Crippen LogP contribution is -2.25. The summed E-state index contributed by atoms with van der Waals surface area (Å²) in [5.74, 6) is -0.468. The highest BCUT2D eigenvalue weighted by Crippen LogP contribution is 2.49. The van der Waals surface area contributed by atoms with Crippen molar-refractivity contribution < 1.29 is 14.3 Å². The third kappa shape index (κ3) is 3.19. The number of benzene rings is 1. The maximum atomic E-state index is 12.4. The minimum absolute atomic E-state index is 0.146. The lowest BCUT2D eigenvalue weighted by molar-refractivity contribution is -0.145. The molecule has 5 heteroatoms. The number of aryl methyl sites for hydroxylation is 2. The number of esters is 1. The Bertz CT molecular complexity index is 757. The highest BCUT2D eigenvalue weighted by atomic mass is 35.5. The molecule has 0 saturated heterocycles. The van der Waals surface area contributed by atoms with E-state index >= 15 is 0 Å². The molecular formula is C18H17ClO3S. The van der Waals surface area contributed by atoms with Gasteiger partial charge in [-0.15, -0.1) is 11.3 Å². The van der Waals surface area contributed by atoms with Crippen molar-refractivity contribution in [1.82, 2.24) is 0 Å². The van der Waals surface area contributed by atoms with Crippen LogP contribution in [0.2, 0.25) is 5.02 Å². The van der Waals surface area contributed by atoms with Gasteiger partial charge in [0.25, 0.3) is 0 Å². The van der Waals surface area contributed by atoms with Gasteiger partial charge in [0.05, 0.1) is 5.41 Å². The molecule has 0 atom stereocenters. The standard InChI is InChI=1S/C18H17ClO3S/c1-11-9-15(12(2)23-11)16(20)10-22-17(21)18(7-8-18)13-3-5-14(19)6-4-13/h3-6,9H,7-8,10H2,1-2H3. The number of halogens is 1. The number of ether oxygens (including phenoxy) is 1. The average Bonchev–Trinajstić information content (AvgIpc) is 3.25. The molecule has 1 aromatic heterocycles. The summed E-state index contributed by atoms with van der Waals surface area (Å²) >= 11 is 7.46. The van der Waals surface area contributed by atoms with E-state index in [1.165, 1.54) is 0 Å². The number of Topliss-reactive ketones (excluding diaryl/α,β-unsaturated/α-hetero) is 1. The third-order valence-electron chi connectivity index (χ3n) is 4.21. The number of carbonyl (C=O) groups is 2. The molecule has 1 aromatic carbocycles. The topological polar surface area (TPSA) is 43.4 Å². The fraction of sp³-hybridized carbons (Fsp3) is 0.333. The Labute approximate surface area is 144 Å². The van der Waals surface area contributed by atoms with Crippen molar-refractivity contribution in [3.63, 3.8) is 0 Å². The predicted octanol–water partition coefficient (Wildman–Crippen LogP) is 4.48. The van der Waals surface area contributed by atoms with Gasteiger partial charge in [-0.25, -0.2) is 0 Å². The first kappa shape index (κ1) is 16.2. The zero-order valence-corrected chi connectivity index (χ0v) is 14.6. The molecule has 2 aromatic rings. The Balaban J connectivity index is 1.66. The van der Waals surface area contributed by atoms with Crippen LogP contribution >= 0.6 is 22.9 Å². The molecule has 1 aliphatic rings. The maximum absolute atomic E-state index is 12.4. The van der Waals surface area contributed by atoms with Crippen molar-refractivity contribution in [1.29, 1.82) is 0 Å². The number of thiophene rings is 1. The first-order chi connectivity index (χ1) is 10.9. The molecule has 23 heavy (non-hydrogen) atoms. The van der Waals surface area contributed by atoms with Crippen molar-refractivity contribution >= 4 is 34.7 Å². The Hall–Kier alpha value is -1.65. The van der Waals surface area contributed by atoms with Crippen LogP contribution in [0, 0.1) is 13.8 Å². The van der Waals surface area contributed by atoms with Crippen molar-refractivity contribution in [2.24, 2.45) is 0 Å². The average molecular weight is 349 g/mol. The Morgan fingerprint density at radius 1 is 1.22 bits per heavy atom. The molecule has 1 fully saturated rings. The van der Waals surface area contributed by atoms with Gasteiger partial charge in [0.1, 0.15) is 0 Å². The van der Waals surface area contributed by atoms with E-state index in [2.05, 4.69) is 0 Å². The van der Waals surface area contributed by atoms with Gasteiger partial charge in [-0.3, -0.25) is 9.59 Å². The van der Waals surface area contributed by atoms with Gasteiger partial charge in [0.2, 0.25) is 5.78 Å². The molecule has 0 bridgehead atoms. The monoisotopic (exact) mass is 348 g/mol. The van der Waals surface area contributed by atoms with Crippen LogP contribution in [0.1, 0.15) is 38.5 Å². The zero-order chi connectivity index (χ0) is 16.6. The second-order valence-electron chi connectivity index (χ2n) is 5.92. The van der Waals surface area contributed by atoms with E-state index in [1.807, 2.05) is 32.0 Å². The first-order valence-corrected chi connectivity index (χ1v) is 8.65. The normalized spacial score (nSPS) is 15.3. The van der Waals surface area contributed by atoms with E-state index in [-0.39, 0.29) is 18.4 Å². The van der Waals surface area contributed by atoms with E-state index in [0.717, 1.165) is 28.2 Å². The fourth-order valence-electron chi connectivity index (χ4n) is 2.76. The predicted molar refractivity (Wildman–Crippen MR) is 91.4 cm³/mol. The zero-order valence-electron chi connectivity index (χ0n) is 13.0. The highest BCUT2D eigenvalue weighted by molar-refractivity contribution is 7.12. The summed E-state index contributed by atoms with van der Waals surface area (Å²) in [5.41, 5.74) is 0.961. The van der Waals surface area contributed by atoms with Crippen molar-refractivity contribution in [2.75, 3.05) is 6.61 Å². The summed E-state index contributed by atoms with van der Waals surface area (Å²) in [6, 6.07) is 9.09. The van der Waals surface area contributed by atoms with Crippen LogP contribution < -0.4 is 0 Å². The molecule has 120 valence electrons. The Morgan fingerprint density at radius 3 is 2.39 bits per heavy atom. The van der Waals surface area contributed by atoms with E-state index in [0.29, 0.717) is 10.6 Å². The number of rotatable bonds is 5. The van der Waals surface area contributed by atoms with Gasteiger partial charge in [-0.2, -0.15) is 0 Å². The van der Waals surface area contributed by atoms with Gasteiger partial charge < -0.3 is 4.74 Å². The van der Waals surface area contributed by atoms with Crippen molar-refractivity contribution in [3.05, 3.63) is 56.2 Å². The lowest BCUT2D eigenvalue weighted by atomic mass is 9.96. The Morgan fingerprint density at radius 2 is 1.87 bits per heavy atom. The lowest BCUT2D eigenvalue weighted by Gasteiger charge is -2.14. The molecule has 3 rings (SSSR count). The molecule has 0 radical (unpaired) electrons. The van der Waals surface area contributed by atoms with Crippen LogP contribution in [0.5, 0.6) is 0 Å². The first-order valence-electron chi connectivity index (χ1n) is 7.46. The van der Waals surface area contributed by atoms with Crippen LogP contribution in [-0.4, -0.2) is 18.4 Å². The molecule has 0 spiro atoms. The quantitative estimate of drug-likeness (QED) is 0.591. The molecule has 1 aliphatic carbocycles. The van der Waals surface area contributed by atoms with E-state index in [1.54, 1.807) is 23.5 Å². The van der Waals surface area contributed by atoms with Gasteiger partial charge in [-0.05, 0) is 50.5 Å². The largest absolute Gasteiger partial charge is 0.457 e. The van der Waals surface area contributed by atoms with Gasteiger partial charge in [0.15, 0.2) is 6.61 Å². The van der Waals surface area contributed by atoms with Gasteiger partial charge in [-0.1, -0.05) is 23.7 Å². The molecule has 0 amide bonds. The second kappa shape index (κ2) is 6.10. The fourth-order valence-corrected chi connectivity index (χ4v) is 3.83. The van der Waals surface area contributed by atoms with E-state index in [9.17, 15) is 9.59 Å². The van der Waals surface area contributed by atoms with Crippen LogP contribution in [0.4, 0.5) is 0 Å². The van der Waals surface area contributed by atoms with Crippen molar-refractivity contribution in [3.8, 4) is 0 Å². The van der Waals surface area contributed by atoms with Crippen LogP contribution in [0.25, 0.3) is 0 Å². The number of ketones is 1. The summed E-state index contributed by atoms with van der Waals surface area (Å²) in [4.78, 5) is 26.7. The Kier molecular flexibility index (Phi) is 4.30. The molecule has 1 saturated carbocycles. The van der Waals surface area contributed by atoms with Crippen LogP contribution in [0.3, 0.4) is 0 Å². The summed E-state index contributed by atoms with van der Waals surface area (Å²) in [5, 5.41) is 0.636. The highest BCUT2D eigenvalue weighted by Gasteiger charge is 2.52. The van der Waals surface area contributed by atoms with E-state index in [4.69, 9.17) is 16.3 Å². The number of carbonyl (C=O) groups excluding carboxylic acids is 2. The summed E-state index contributed by atoms with van der Waals surface area (Å²) in [7, 11) is 0. The summed E-state index contributed by atoms with van der Waals surface area (Å²) in [6.45, 7) is 3.66. The second-order valence-corrected chi connectivity index (χ2v) is 7.81. The third-order valence-corrected chi connectivity index (χ3v) is 5.43. The SMILES string of the molecule is Cc1cc(C(=O)COC(=O)C2(c3ccc(Cl)cc3)CC2)c(C)s1. The van der Waals surface area contributed by atoms with Crippen LogP contribution in [-0.2, 0) is 14.9 Å². The van der Waals surface area contributed by atoms with Crippen molar-refractivity contribution in [2.45, 2.75) is 32.1 Å². The number of hydrogen-bond acceptors (Lipinski definition) is 4. The summed E-state index contributed by atoms with van der Waals surface area (Å²) < 4.78 is 5.32. The number of hydrogen-bond donors (Lipinski definition) is 0. The minimum atomic E-state index is -0.593. The molecule has 3 nitrogen and oxygen atoms in total. The van der Waals surface area contributed by atoms with Crippen LogP contribution in [0.15, 0.2) is 30.3 Å². The van der Waals surface area contributed by atoms with Gasteiger partial charge >= 0.3 is 5.97 Å². The van der Waals surface area contributed by atoms with Gasteiger partial charge in [0, 0.05) is 20.3 Å². The minimum Gasteiger partial charge on any atom is -0.457 e. The molecule has 1 heterocycles. The molecule has 0 aliphatic heterocycles. The smallest absolute Gasteiger partial charge is 0.317 e. The van der Waals surface area contributed by atoms with E-state index < -0.39 is 5.41 Å². The molecule has 0 unspecified atom stereocenters. The maximum Gasteiger partial charge on any atom is 0.317 e. The molecule has 0 N–H and O–H groups in total. The molecular weight excluding hydrogens is 332 g/mol. The summed E-state index contributed by atoms with van der Waals surface area (Å²) in [6.07, 6.45) is 1.50.